The van der Waals surface area contributed by atoms with Crippen molar-refractivity contribution in [3.63, 3.8) is 0 Å². The molecule has 0 radical (unpaired) electrons. The van der Waals surface area contributed by atoms with Gasteiger partial charge in [-0.15, -0.1) is 0 Å². The molecule has 7 aliphatic carbocycles. The lowest BCUT2D eigenvalue weighted by atomic mass is 9.33. The van der Waals surface area contributed by atoms with E-state index in [9.17, 15) is 29.1 Å². The van der Waals surface area contributed by atoms with Gasteiger partial charge in [0.1, 0.15) is 11.6 Å². The van der Waals surface area contributed by atoms with Crippen molar-refractivity contribution < 1.29 is 33.8 Å². The lowest BCUT2D eigenvalue weighted by molar-refractivity contribution is -0.235. The van der Waals surface area contributed by atoms with Gasteiger partial charge in [0.2, 0.25) is 5.91 Å². The second-order valence-corrected chi connectivity index (χ2v) is 22.5. The minimum Gasteiger partial charge on any atom is -0.481 e. The highest BCUT2D eigenvalue weighted by atomic mass is 35.5. The van der Waals surface area contributed by atoms with Crippen molar-refractivity contribution in [3.8, 4) is 0 Å². The number of carbonyl (C=O) groups is 5. The molecule has 0 bridgehead atoms. The number of ketones is 1. The fourth-order valence-electron chi connectivity index (χ4n) is 14.7. The van der Waals surface area contributed by atoms with Gasteiger partial charge in [0.15, 0.2) is 5.78 Å². The normalized spacial score (nSPS) is 40.2. The highest BCUT2D eigenvalue weighted by Crippen LogP contribution is 2.76. The maximum absolute atomic E-state index is 14.4. The number of nitrogens with one attached hydrogen (secondary N) is 2. The van der Waals surface area contributed by atoms with Crippen LogP contribution in [0.3, 0.4) is 0 Å². The zero-order chi connectivity index (χ0) is 42.2. The monoisotopic (exact) mass is 816 g/mol. The second kappa shape index (κ2) is 13.4. The molecule has 1 aromatic carbocycles. The molecule has 10 atom stereocenters. The van der Waals surface area contributed by atoms with Crippen LogP contribution in [0.1, 0.15) is 150 Å². The molecule has 3 N–H and O–H groups in total. The molecule has 10 heteroatoms. The molecule has 0 spiro atoms. The number of rotatable bonds is 8. The van der Waals surface area contributed by atoms with Crippen molar-refractivity contribution in [2.45, 2.75) is 157 Å². The molecule has 1 unspecified atom stereocenters. The number of amides is 2. The summed E-state index contributed by atoms with van der Waals surface area (Å²) in [5.41, 5.74) is -0.178. The largest absolute Gasteiger partial charge is 0.481 e. The van der Waals surface area contributed by atoms with E-state index in [1.165, 1.54) is 5.57 Å². The van der Waals surface area contributed by atoms with Crippen LogP contribution in [-0.4, -0.2) is 51.8 Å². The Labute approximate surface area is 349 Å². The number of carboxylic acid groups (broad SMARTS) is 1. The van der Waals surface area contributed by atoms with Crippen LogP contribution in [0.5, 0.6) is 0 Å². The molecule has 316 valence electrons. The van der Waals surface area contributed by atoms with Gasteiger partial charge in [0, 0.05) is 22.4 Å². The number of fused-ring (bicyclic) bond motifs is 7. The number of hydrogen-bond acceptors (Lipinski definition) is 6. The third kappa shape index (κ3) is 5.84. The summed E-state index contributed by atoms with van der Waals surface area (Å²) in [6, 6.07) is 6.68. The van der Waals surface area contributed by atoms with E-state index < -0.39 is 34.3 Å². The van der Waals surface area contributed by atoms with E-state index in [4.69, 9.17) is 16.3 Å². The Morgan fingerprint density at radius 2 is 1.45 bits per heavy atom. The van der Waals surface area contributed by atoms with Crippen molar-refractivity contribution in [2.75, 3.05) is 0 Å². The molecule has 2 amide bonds. The molecule has 0 saturated heterocycles. The van der Waals surface area contributed by atoms with Gasteiger partial charge in [0.25, 0.3) is 5.91 Å². The number of allylic oxidation sites excluding steroid dienone is 1. The van der Waals surface area contributed by atoms with E-state index in [1.807, 2.05) is 13.8 Å². The first-order chi connectivity index (χ1) is 27.0. The summed E-state index contributed by atoms with van der Waals surface area (Å²) >= 11 is 6.07. The molecule has 1 aromatic rings. The SMILES string of the molecule is CC(C)C1=C2[C@H]3CC[C@@H]4[C@@]5(C)CC[C@H](OC(=O)[C@H]6C[C@@H](C(=O)O)C6(C)C)C(C)(C)C5CC[C@@]4(C)[C@]3(C)CC[C@@]2(NC(=O)C2(NC(=O)c3ccc(Cl)cc3)CC2)CC1=O. The number of carbonyl (C=O) groups excluding carboxylic acids is 4. The Kier molecular flexibility index (Phi) is 9.59. The van der Waals surface area contributed by atoms with Crippen LogP contribution in [-0.2, 0) is 23.9 Å². The lowest BCUT2D eigenvalue weighted by Gasteiger charge is -2.72. The van der Waals surface area contributed by atoms with Gasteiger partial charge in [-0.3, -0.25) is 24.0 Å². The van der Waals surface area contributed by atoms with Crippen LogP contribution < -0.4 is 10.6 Å². The van der Waals surface area contributed by atoms with Crippen molar-refractivity contribution in [1.29, 1.82) is 0 Å². The van der Waals surface area contributed by atoms with Crippen LogP contribution in [0, 0.1) is 62.6 Å². The van der Waals surface area contributed by atoms with E-state index in [0.717, 1.165) is 50.5 Å². The van der Waals surface area contributed by atoms with Crippen molar-refractivity contribution >= 4 is 41.1 Å². The maximum Gasteiger partial charge on any atom is 0.309 e. The predicted octanol–water partition coefficient (Wildman–Crippen LogP) is 9.11. The molecule has 0 heterocycles. The topological polar surface area (TPSA) is 139 Å². The fraction of sp³-hybridized carbons (Fsp3) is 0.729. The summed E-state index contributed by atoms with van der Waals surface area (Å²) in [5, 5.41) is 16.8. The van der Waals surface area contributed by atoms with Gasteiger partial charge >= 0.3 is 11.9 Å². The highest BCUT2D eigenvalue weighted by Gasteiger charge is 2.71. The summed E-state index contributed by atoms with van der Waals surface area (Å²) in [6.45, 7) is 20.1. The molecule has 0 aromatic heterocycles. The Balaban J connectivity index is 1.04. The van der Waals surface area contributed by atoms with Crippen LogP contribution in [0.4, 0.5) is 0 Å². The number of halogens is 1. The third-order valence-corrected chi connectivity index (χ3v) is 18.7. The zero-order valence-electron chi connectivity index (χ0n) is 36.1. The minimum absolute atomic E-state index is 0.0102. The maximum atomic E-state index is 14.4. The highest BCUT2D eigenvalue weighted by molar-refractivity contribution is 6.30. The van der Waals surface area contributed by atoms with Gasteiger partial charge in [0.05, 0.1) is 17.4 Å². The Bertz CT molecular complexity index is 1980. The summed E-state index contributed by atoms with van der Waals surface area (Å²) in [6.07, 6.45) is 8.90. The molecule has 7 aliphatic rings. The van der Waals surface area contributed by atoms with Crippen molar-refractivity contribution in [2.24, 2.45) is 62.6 Å². The van der Waals surface area contributed by atoms with E-state index in [-0.39, 0.29) is 69.6 Å². The van der Waals surface area contributed by atoms with Crippen LogP contribution in [0.2, 0.25) is 5.02 Å². The molecule has 58 heavy (non-hydrogen) atoms. The molecular weight excluding hydrogens is 752 g/mol. The molecule has 8 rings (SSSR count). The number of hydrogen-bond donors (Lipinski definition) is 3. The zero-order valence-corrected chi connectivity index (χ0v) is 36.9. The molecule has 9 nitrogen and oxygen atoms in total. The average molecular weight is 818 g/mol. The summed E-state index contributed by atoms with van der Waals surface area (Å²) < 4.78 is 6.41. The van der Waals surface area contributed by atoms with Gasteiger partial charge < -0.3 is 20.5 Å². The quantitative estimate of drug-likeness (QED) is 0.223. The number of benzene rings is 1. The number of esters is 1. The number of Topliss-reactive ketones (excluding diaryl/α,β-unsaturated/α-hetero) is 1. The Hall–Kier alpha value is -3.20. The number of aliphatic carboxylic acids is 1. The van der Waals surface area contributed by atoms with Crippen molar-refractivity contribution in [3.05, 3.63) is 46.0 Å². The van der Waals surface area contributed by atoms with Crippen LogP contribution in [0.25, 0.3) is 0 Å². The fourth-order valence-corrected chi connectivity index (χ4v) is 14.8. The van der Waals surface area contributed by atoms with Gasteiger partial charge in [-0.2, -0.15) is 0 Å². The summed E-state index contributed by atoms with van der Waals surface area (Å²) in [7, 11) is 0. The minimum atomic E-state index is -0.994. The molecule has 0 aliphatic heterocycles. The van der Waals surface area contributed by atoms with E-state index >= 15 is 0 Å². The summed E-state index contributed by atoms with van der Waals surface area (Å²) in [4.78, 5) is 67.4. The van der Waals surface area contributed by atoms with Gasteiger partial charge in [-0.25, -0.2) is 0 Å². The predicted molar refractivity (Wildman–Crippen MR) is 222 cm³/mol. The van der Waals surface area contributed by atoms with E-state index in [0.29, 0.717) is 48.1 Å². The molecular formula is C48H65ClN2O7. The smallest absolute Gasteiger partial charge is 0.309 e. The lowest BCUT2D eigenvalue weighted by Crippen LogP contribution is -2.68. The average Bonchev–Trinajstić information content (AvgIpc) is 3.85. The standard InChI is InChI=1S/C48H65ClN2O7/c1-26(2)36-32(52)25-48(51-41(57)47(22-23-47)50-38(53)27-10-12-28(49)13-11-27)21-20-45(8)29(37(36)48)14-15-34-44(7)18-17-35(43(5,6)33(44)16-19-46(34,45)9)58-40(56)31-24-30(39(54)55)42(31,3)4/h10-13,26,29-31,33-35H,14-25H2,1-9H3,(H,50,53)(H,51,57)(H,54,55)/t29-,30+,31-,33?,34-,35+,44+,45-,46-,48-/m1/s1. The second-order valence-electron chi connectivity index (χ2n) is 22.1. The Morgan fingerprint density at radius 3 is 2.05 bits per heavy atom. The van der Waals surface area contributed by atoms with Crippen LogP contribution >= 0.6 is 11.6 Å². The first-order valence-electron chi connectivity index (χ1n) is 22.1. The number of carboxylic acids is 1. The Morgan fingerprint density at radius 1 is 0.776 bits per heavy atom. The van der Waals surface area contributed by atoms with Gasteiger partial charge in [-0.05, 0) is 151 Å². The van der Waals surface area contributed by atoms with E-state index in [2.05, 4.69) is 59.1 Å². The molecule has 6 fully saturated rings. The summed E-state index contributed by atoms with van der Waals surface area (Å²) in [5.74, 6) is -1.40. The first kappa shape index (κ1) is 41.5. The van der Waals surface area contributed by atoms with Crippen LogP contribution in [0.15, 0.2) is 35.4 Å². The number of ether oxygens (including phenoxy) is 1. The van der Waals surface area contributed by atoms with Gasteiger partial charge in [-0.1, -0.05) is 73.9 Å². The first-order valence-corrected chi connectivity index (χ1v) is 22.5. The third-order valence-electron chi connectivity index (χ3n) is 18.5. The van der Waals surface area contributed by atoms with E-state index in [1.54, 1.807) is 24.3 Å². The van der Waals surface area contributed by atoms with Crippen molar-refractivity contribution in [1.82, 2.24) is 10.6 Å². The molecule has 6 saturated carbocycles.